The number of hydrogen-bond donors (Lipinski definition) is 1. The van der Waals surface area contributed by atoms with Gasteiger partial charge in [-0.05, 0) is 58.2 Å². The first-order chi connectivity index (χ1) is 9.75. The van der Waals surface area contributed by atoms with Crippen LogP contribution >= 0.6 is 0 Å². The fraction of sp³-hybridized carbons (Fsp3) is 0.938. The lowest BCUT2D eigenvalue weighted by atomic mass is 9.90. The smallest absolute Gasteiger partial charge is 0.242 e. The molecule has 0 aromatic carbocycles. The summed E-state index contributed by atoms with van der Waals surface area (Å²) in [6, 6.07) is 0.626. The lowest BCUT2D eigenvalue weighted by Gasteiger charge is -2.33. The molecule has 0 radical (unpaired) electrons. The summed E-state index contributed by atoms with van der Waals surface area (Å²) in [4.78, 5) is 17.7. The average molecular weight is 279 g/mol. The molecule has 3 fully saturated rings. The van der Waals surface area contributed by atoms with Gasteiger partial charge >= 0.3 is 0 Å². The van der Waals surface area contributed by atoms with Crippen molar-refractivity contribution in [2.24, 2.45) is 0 Å². The van der Waals surface area contributed by atoms with Gasteiger partial charge in [0.1, 0.15) is 0 Å². The highest BCUT2D eigenvalue weighted by atomic mass is 16.2. The van der Waals surface area contributed by atoms with Gasteiger partial charge in [-0.1, -0.05) is 13.3 Å². The van der Waals surface area contributed by atoms with Crippen LogP contribution in [0.5, 0.6) is 0 Å². The molecule has 114 valence electrons. The Labute approximate surface area is 122 Å². The topological polar surface area (TPSA) is 35.6 Å². The van der Waals surface area contributed by atoms with E-state index < -0.39 is 0 Å². The van der Waals surface area contributed by atoms with Crippen molar-refractivity contribution in [3.63, 3.8) is 0 Å². The van der Waals surface area contributed by atoms with E-state index in [0.29, 0.717) is 11.9 Å². The molecule has 0 spiro atoms. The highest BCUT2D eigenvalue weighted by Crippen LogP contribution is 2.30. The molecule has 0 bridgehead atoms. The molecule has 0 aromatic heterocycles. The van der Waals surface area contributed by atoms with Crippen molar-refractivity contribution in [1.82, 2.24) is 15.1 Å². The van der Waals surface area contributed by atoms with Gasteiger partial charge in [0.15, 0.2) is 0 Å². The van der Waals surface area contributed by atoms with Crippen molar-refractivity contribution in [1.29, 1.82) is 0 Å². The summed E-state index contributed by atoms with van der Waals surface area (Å²) in [6.45, 7) is 7.61. The summed E-state index contributed by atoms with van der Waals surface area (Å²) in [5, 5.41) is 3.53. The van der Waals surface area contributed by atoms with Gasteiger partial charge in [0.2, 0.25) is 5.91 Å². The third-order valence-electron chi connectivity index (χ3n) is 5.44. The zero-order valence-corrected chi connectivity index (χ0v) is 12.9. The summed E-state index contributed by atoms with van der Waals surface area (Å²) in [7, 11) is 0. The van der Waals surface area contributed by atoms with Crippen LogP contribution < -0.4 is 5.32 Å². The molecule has 2 atom stereocenters. The molecule has 1 N–H and O–H groups in total. The first-order valence-electron chi connectivity index (χ1n) is 8.54. The molecule has 3 aliphatic rings. The summed E-state index contributed by atoms with van der Waals surface area (Å²) in [5.74, 6) is 0.388. The number of carbonyl (C=O) groups is 1. The average Bonchev–Trinajstić information content (AvgIpc) is 3.19. The number of carbonyl (C=O) groups excluding carboxylic acids is 1. The van der Waals surface area contributed by atoms with Gasteiger partial charge in [-0.15, -0.1) is 0 Å². The van der Waals surface area contributed by atoms with Crippen molar-refractivity contribution < 1.29 is 4.79 Å². The van der Waals surface area contributed by atoms with Crippen molar-refractivity contribution in [3.05, 3.63) is 0 Å². The number of hydrogen-bond acceptors (Lipinski definition) is 3. The van der Waals surface area contributed by atoms with Gasteiger partial charge in [-0.25, -0.2) is 0 Å². The van der Waals surface area contributed by atoms with Crippen LogP contribution in [0.1, 0.15) is 51.9 Å². The van der Waals surface area contributed by atoms with E-state index in [0.717, 1.165) is 45.3 Å². The van der Waals surface area contributed by atoms with Gasteiger partial charge in [-0.2, -0.15) is 0 Å². The zero-order chi connectivity index (χ0) is 14.0. The summed E-state index contributed by atoms with van der Waals surface area (Å²) < 4.78 is 0. The fourth-order valence-corrected chi connectivity index (χ4v) is 4.37. The second kappa shape index (κ2) is 6.02. The van der Waals surface area contributed by atoms with E-state index in [9.17, 15) is 4.79 Å². The van der Waals surface area contributed by atoms with Crippen LogP contribution in [0.15, 0.2) is 0 Å². The molecule has 4 heteroatoms. The number of rotatable bonds is 4. The Morgan fingerprint density at radius 2 is 2.05 bits per heavy atom. The van der Waals surface area contributed by atoms with E-state index in [1.54, 1.807) is 0 Å². The molecule has 3 rings (SSSR count). The predicted molar refractivity (Wildman–Crippen MR) is 80.7 cm³/mol. The molecule has 3 saturated heterocycles. The van der Waals surface area contributed by atoms with Crippen LogP contribution in [-0.2, 0) is 4.79 Å². The maximum Gasteiger partial charge on any atom is 0.242 e. The first-order valence-corrected chi connectivity index (χ1v) is 8.54. The SMILES string of the molecule is CCCC1(C(=O)N2CCC(N3CCCC3)C2)CCCN1. The molecule has 0 aromatic rings. The van der Waals surface area contributed by atoms with E-state index in [-0.39, 0.29) is 5.54 Å². The lowest BCUT2D eigenvalue weighted by Crippen LogP contribution is -2.54. The van der Waals surface area contributed by atoms with Crippen molar-refractivity contribution >= 4 is 5.91 Å². The Balaban J connectivity index is 1.62. The Morgan fingerprint density at radius 1 is 1.25 bits per heavy atom. The quantitative estimate of drug-likeness (QED) is 0.849. The fourth-order valence-electron chi connectivity index (χ4n) is 4.37. The van der Waals surface area contributed by atoms with E-state index in [1.807, 2.05) is 0 Å². The van der Waals surface area contributed by atoms with Gasteiger partial charge < -0.3 is 10.2 Å². The molecular weight excluding hydrogens is 250 g/mol. The minimum Gasteiger partial charge on any atom is -0.339 e. The number of likely N-dealkylation sites (tertiary alicyclic amines) is 2. The van der Waals surface area contributed by atoms with E-state index in [1.165, 1.54) is 32.4 Å². The monoisotopic (exact) mass is 279 g/mol. The molecule has 20 heavy (non-hydrogen) atoms. The maximum atomic E-state index is 13.0. The molecule has 0 saturated carbocycles. The summed E-state index contributed by atoms with van der Waals surface area (Å²) in [5.41, 5.74) is -0.228. The molecule has 4 nitrogen and oxygen atoms in total. The predicted octanol–water partition coefficient (Wildman–Crippen LogP) is 1.61. The molecule has 0 aliphatic carbocycles. The number of nitrogens with one attached hydrogen (secondary N) is 1. The second-order valence-corrected chi connectivity index (χ2v) is 6.80. The maximum absolute atomic E-state index is 13.0. The van der Waals surface area contributed by atoms with Crippen LogP contribution in [0.25, 0.3) is 0 Å². The van der Waals surface area contributed by atoms with Gasteiger partial charge in [0.05, 0.1) is 5.54 Å². The Morgan fingerprint density at radius 3 is 2.70 bits per heavy atom. The summed E-state index contributed by atoms with van der Waals surface area (Å²) in [6.07, 6.45) is 8.12. The van der Waals surface area contributed by atoms with Crippen molar-refractivity contribution in [3.8, 4) is 0 Å². The Kier molecular flexibility index (Phi) is 4.32. The Hall–Kier alpha value is -0.610. The van der Waals surface area contributed by atoms with Gasteiger partial charge in [0, 0.05) is 19.1 Å². The van der Waals surface area contributed by atoms with Crippen LogP contribution in [0.4, 0.5) is 0 Å². The molecule has 1 amide bonds. The van der Waals surface area contributed by atoms with Crippen molar-refractivity contribution in [2.75, 3.05) is 32.7 Å². The van der Waals surface area contributed by atoms with Gasteiger partial charge in [-0.3, -0.25) is 9.69 Å². The molecule has 2 unspecified atom stereocenters. The Bertz CT molecular complexity index is 346. The minimum atomic E-state index is -0.228. The van der Waals surface area contributed by atoms with E-state index in [4.69, 9.17) is 0 Å². The highest BCUT2D eigenvalue weighted by molar-refractivity contribution is 5.87. The number of nitrogens with zero attached hydrogens (tertiary/aromatic N) is 2. The van der Waals surface area contributed by atoms with E-state index in [2.05, 4.69) is 22.0 Å². The third kappa shape index (κ3) is 2.60. The van der Waals surface area contributed by atoms with E-state index >= 15 is 0 Å². The molecular formula is C16H29N3O. The standard InChI is InChI=1S/C16H29N3O/c1-2-7-16(8-5-9-17-16)15(20)19-12-6-14(13-19)18-10-3-4-11-18/h14,17H,2-13H2,1H3. The third-order valence-corrected chi connectivity index (χ3v) is 5.44. The zero-order valence-electron chi connectivity index (χ0n) is 12.9. The lowest BCUT2D eigenvalue weighted by molar-refractivity contribution is -0.137. The van der Waals surface area contributed by atoms with Crippen molar-refractivity contribution in [2.45, 2.75) is 63.5 Å². The summed E-state index contributed by atoms with van der Waals surface area (Å²) >= 11 is 0. The second-order valence-electron chi connectivity index (χ2n) is 6.80. The molecule has 3 aliphatic heterocycles. The normalized spacial score (nSPS) is 35.0. The molecule has 3 heterocycles. The minimum absolute atomic E-state index is 0.228. The first kappa shape index (κ1) is 14.3. The highest BCUT2D eigenvalue weighted by Gasteiger charge is 2.44. The van der Waals surface area contributed by atoms with Crippen LogP contribution in [0.3, 0.4) is 0 Å². The van der Waals surface area contributed by atoms with Gasteiger partial charge in [0.25, 0.3) is 0 Å². The van der Waals surface area contributed by atoms with Crippen LogP contribution in [0, 0.1) is 0 Å². The number of amides is 1. The van der Waals surface area contributed by atoms with Crippen LogP contribution in [-0.4, -0.2) is 60.0 Å². The largest absolute Gasteiger partial charge is 0.339 e. The van der Waals surface area contributed by atoms with Crippen LogP contribution in [0.2, 0.25) is 0 Å².